The van der Waals surface area contributed by atoms with Gasteiger partial charge in [0.05, 0.1) is 0 Å². The van der Waals surface area contributed by atoms with E-state index in [0.717, 1.165) is 118 Å². The summed E-state index contributed by atoms with van der Waals surface area (Å²) in [6, 6.07) is 0. The first-order chi connectivity index (χ1) is 30.6. The van der Waals surface area contributed by atoms with Gasteiger partial charge in [0.25, 0.3) is 0 Å². The van der Waals surface area contributed by atoms with E-state index in [0.29, 0.717) is 0 Å². The van der Waals surface area contributed by atoms with Crippen LogP contribution >= 0.6 is 30.1 Å². The molecule has 0 bridgehead atoms. The zero-order chi connectivity index (χ0) is 42.1. The summed E-state index contributed by atoms with van der Waals surface area (Å²) in [4.78, 5) is 0. The molecule has 62 heavy (non-hydrogen) atoms. The van der Waals surface area contributed by atoms with Gasteiger partial charge in [-0.15, -0.1) is 0 Å². The second-order valence-corrected chi connectivity index (χ2v) is 32.0. The Bertz CT molecular complexity index is 1270. The molecule has 0 radical (unpaired) electrons. The summed E-state index contributed by atoms with van der Waals surface area (Å²) in [5.41, 5.74) is 0. The van der Waals surface area contributed by atoms with Gasteiger partial charge in [-0.25, -0.2) is 46.6 Å². The quantitative estimate of drug-likeness (QED) is 0.176. The molecular formula is C45H90N12OP4. The molecule has 9 heterocycles. The van der Waals surface area contributed by atoms with Crippen molar-refractivity contribution in [1.29, 1.82) is 0 Å². The summed E-state index contributed by atoms with van der Waals surface area (Å²) >= 11 is 0. The molecule has 13 nitrogen and oxygen atoms in total. The van der Waals surface area contributed by atoms with Crippen LogP contribution in [0.1, 0.15) is 173 Å². The van der Waals surface area contributed by atoms with Crippen LogP contribution in [0, 0.1) is 0 Å². The minimum absolute atomic E-state index is 1.07. The minimum Gasteiger partial charge on any atom is -0.245 e. The lowest BCUT2D eigenvalue weighted by molar-refractivity contribution is 0.246. The molecule has 0 unspecified atom stereocenters. The average Bonchev–Trinajstić information content (AvgIpc) is 3.37. The molecule has 0 N–H and O–H groups in total. The molecule has 9 fully saturated rings. The second-order valence-electron chi connectivity index (χ2n) is 20.5. The lowest BCUT2D eigenvalue weighted by Gasteiger charge is -2.54. The van der Waals surface area contributed by atoms with E-state index in [1.165, 1.54) is 173 Å². The fourth-order valence-electron chi connectivity index (χ4n) is 13.0. The number of hydrogen-bond acceptors (Lipinski definition) is 1. The Morgan fingerprint density at radius 3 is 0.419 bits per heavy atom. The zero-order valence-electron chi connectivity index (χ0n) is 39.4. The van der Waals surface area contributed by atoms with Crippen molar-refractivity contribution in [2.24, 2.45) is 13.5 Å². The van der Waals surface area contributed by atoms with Crippen LogP contribution in [0.25, 0.3) is 0 Å². The molecule has 356 valence electrons. The summed E-state index contributed by atoms with van der Waals surface area (Å²) in [6.07, 6.45) is 33.6. The zero-order valence-corrected chi connectivity index (χ0v) is 43.0. The molecule has 0 atom stereocenters. The minimum atomic E-state index is -4.04. The number of rotatable bonds is 12. The van der Waals surface area contributed by atoms with Crippen molar-refractivity contribution in [3.8, 4) is 0 Å². The maximum absolute atomic E-state index is 18.4. The van der Waals surface area contributed by atoms with Gasteiger partial charge in [-0.2, -0.15) is 13.5 Å². The molecule has 0 aromatic carbocycles. The lowest BCUT2D eigenvalue weighted by atomic mass is 10.2. The molecule has 0 aromatic rings. The molecule has 0 aromatic heterocycles. The molecule has 0 amide bonds. The van der Waals surface area contributed by atoms with Crippen LogP contribution in [-0.2, 0) is 4.57 Å². The first kappa shape index (κ1) is 47.6. The van der Waals surface area contributed by atoms with E-state index in [9.17, 15) is 0 Å². The Balaban J connectivity index is 1.41. The number of hydrogen-bond donors (Lipinski definition) is 0. The van der Waals surface area contributed by atoms with Gasteiger partial charge >= 0.3 is 7.59 Å². The molecule has 0 saturated carbocycles. The largest absolute Gasteiger partial charge is 0.421 e. The maximum atomic E-state index is 18.4. The molecule has 9 rings (SSSR count). The number of nitrogens with zero attached hydrogens (tertiary/aromatic N) is 12. The van der Waals surface area contributed by atoms with Crippen LogP contribution in [0.4, 0.5) is 0 Å². The molecule has 17 heteroatoms. The van der Waals surface area contributed by atoms with Crippen LogP contribution in [0.15, 0.2) is 13.5 Å². The lowest BCUT2D eigenvalue weighted by Crippen LogP contribution is -2.47. The first-order valence-electron chi connectivity index (χ1n) is 26.9. The molecule has 9 saturated heterocycles. The van der Waals surface area contributed by atoms with Crippen molar-refractivity contribution >= 4 is 30.1 Å². The van der Waals surface area contributed by atoms with Crippen molar-refractivity contribution in [2.75, 3.05) is 118 Å². The summed E-state index contributed by atoms with van der Waals surface area (Å²) < 4.78 is 63.9. The van der Waals surface area contributed by atoms with Crippen molar-refractivity contribution < 1.29 is 4.57 Å². The van der Waals surface area contributed by atoms with Crippen LogP contribution in [-0.4, -0.2) is 160 Å². The third-order valence-electron chi connectivity index (χ3n) is 16.1. The highest BCUT2D eigenvalue weighted by Crippen LogP contribution is 2.80. The topological polar surface area (TPSA) is 83.3 Å². The van der Waals surface area contributed by atoms with Gasteiger partial charge < -0.3 is 0 Å². The van der Waals surface area contributed by atoms with Gasteiger partial charge in [-0.05, 0) is 116 Å². The normalized spacial score (nSPS) is 28.8. The Morgan fingerprint density at radius 2 is 0.306 bits per heavy atom. The van der Waals surface area contributed by atoms with Gasteiger partial charge in [-0.1, -0.05) is 57.8 Å². The van der Waals surface area contributed by atoms with E-state index in [4.69, 9.17) is 13.5 Å². The first-order valence-corrected chi connectivity index (χ1v) is 33.2. The average molecular weight is 939 g/mol. The van der Waals surface area contributed by atoms with Crippen molar-refractivity contribution in [2.45, 2.75) is 173 Å². The second kappa shape index (κ2) is 22.8. The van der Waals surface area contributed by atoms with Crippen molar-refractivity contribution in [3.05, 3.63) is 0 Å². The highest BCUT2D eigenvalue weighted by Gasteiger charge is 2.51. The Kier molecular flexibility index (Phi) is 17.5. The highest BCUT2D eigenvalue weighted by atomic mass is 31.3. The summed E-state index contributed by atoms with van der Waals surface area (Å²) in [5.74, 6) is 0. The standard InChI is InChI=1S/C45H90N12OP4/c58-59(46-60(49-28-10-1-11-29-49,50-30-12-2-13-31-50)51-32-14-3-15-33-51,47-61(52-34-16-4-17-35-52,53-36-18-5-19-37-53)54-38-20-6-21-39-54)48-62(55-40-22-7-23-41-55,56-42-24-8-25-43-56)57-44-26-9-27-45-57/h1-45H2. The number of piperidine rings is 9. The monoisotopic (exact) mass is 939 g/mol. The van der Waals surface area contributed by atoms with E-state index in [1.807, 2.05) is 0 Å². The van der Waals surface area contributed by atoms with Crippen LogP contribution in [0.2, 0.25) is 0 Å². The molecular weight excluding hydrogens is 848 g/mol. The summed E-state index contributed by atoms with van der Waals surface area (Å²) in [7, 11) is -12.0. The van der Waals surface area contributed by atoms with E-state index < -0.39 is 30.1 Å². The molecule has 0 spiro atoms. The predicted octanol–water partition coefficient (Wildman–Crippen LogP) is 12.3. The predicted molar refractivity (Wildman–Crippen MR) is 264 cm³/mol. The SMILES string of the molecule is O=P(N=P(N1CCCCC1)(N1CCCCC1)N1CCCCC1)(N=P(N1CCCCC1)(N1CCCCC1)N1CCCCC1)N=P(N1CCCCC1)(N1CCCCC1)N1CCCCC1. The van der Waals surface area contributed by atoms with Gasteiger partial charge in [0.15, 0.2) is 22.5 Å². The van der Waals surface area contributed by atoms with Gasteiger partial charge in [0.1, 0.15) is 0 Å². The molecule has 0 aliphatic carbocycles. The van der Waals surface area contributed by atoms with E-state index >= 15 is 4.57 Å². The van der Waals surface area contributed by atoms with E-state index in [2.05, 4.69) is 42.0 Å². The van der Waals surface area contributed by atoms with Crippen molar-refractivity contribution in [1.82, 2.24) is 42.0 Å². The summed E-state index contributed by atoms with van der Waals surface area (Å²) in [5, 5.41) is 0. The van der Waals surface area contributed by atoms with Gasteiger partial charge in [-0.3, -0.25) is 0 Å². The maximum Gasteiger partial charge on any atom is 0.421 e. The third kappa shape index (κ3) is 10.3. The van der Waals surface area contributed by atoms with Gasteiger partial charge in [0.2, 0.25) is 0 Å². The Morgan fingerprint density at radius 1 is 0.194 bits per heavy atom. The summed E-state index contributed by atoms with van der Waals surface area (Å²) in [6.45, 7) is 19.2. The highest BCUT2D eigenvalue weighted by molar-refractivity contribution is 7.79. The van der Waals surface area contributed by atoms with Gasteiger partial charge in [0, 0.05) is 118 Å². The third-order valence-corrected chi connectivity index (χ3v) is 32.2. The molecule has 9 aliphatic rings. The van der Waals surface area contributed by atoms with Crippen LogP contribution < -0.4 is 0 Å². The fraction of sp³-hybridized carbons (Fsp3) is 1.00. The smallest absolute Gasteiger partial charge is 0.245 e. The Hall–Kier alpha value is 0.560. The van der Waals surface area contributed by atoms with E-state index in [1.54, 1.807) is 0 Å². The Labute approximate surface area is 380 Å². The van der Waals surface area contributed by atoms with E-state index in [-0.39, 0.29) is 0 Å². The molecule has 9 aliphatic heterocycles. The van der Waals surface area contributed by atoms with Crippen LogP contribution in [0.5, 0.6) is 0 Å². The fourth-order valence-corrected chi connectivity index (χ4v) is 32.8. The van der Waals surface area contributed by atoms with Crippen LogP contribution in [0.3, 0.4) is 0 Å². The van der Waals surface area contributed by atoms with Crippen molar-refractivity contribution in [3.63, 3.8) is 0 Å².